The van der Waals surface area contributed by atoms with E-state index >= 15 is 0 Å². The molecule has 0 unspecified atom stereocenters. The molecule has 0 aliphatic rings. The maximum absolute atomic E-state index is 11.9. The summed E-state index contributed by atoms with van der Waals surface area (Å²) in [6.45, 7) is 8.30. The van der Waals surface area contributed by atoms with Crippen molar-refractivity contribution < 1.29 is 8.42 Å². The average Bonchev–Trinajstić information content (AvgIpc) is 2.19. The molecule has 0 aliphatic carbocycles. The average molecular weight is 241 g/mol. The van der Waals surface area contributed by atoms with Gasteiger partial charge in [-0.25, -0.2) is 13.1 Å². The fourth-order valence-electron chi connectivity index (χ4n) is 1.24. The highest BCUT2D eigenvalue weighted by Gasteiger charge is 2.14. The van der Waals surface area contributed by atoms with Crippen molar-refractivity contribution in [2.75, 3.05) is 6.54 Å². The van der Waals surface area contributed by atoms with E-state index < -0.39 is 10.0 Å². The molecule has 1 aromatic rings. The van der Waals surface area contributed by atoms with Crippen molar-refractivity contribution >= 4 is 10.0 Å². The Morgan fingerprint density at radius 2 is 1.81 bits per heavy atom. The van der Waals surface area contributed by atoms with Crippen LogP contribution in [0.5, 0.6) is 0 Å². The van der Waals surface area contributed by atoms with Crippen LogP contribution in [0, 0.1) is 19.8 Å². The van der Waals surface area contributed by atoms with Gasteiger partial charge in [-0.2, -0.15) is 0 Å². The van der Waals surface area contributed by atoms with Crippen LogP contribution >= 0.6 is 0 Å². The van der Waals surface area contributed by atoms with Gasteiger partial charge < -0.3 is 0 Å². The van der Waals surface area contributed by atoms with E-state index in [1.54, 1.807) is 12.1 Å². The second-order valence-electron chi connectivity index (χ2n) is 4.49. The molecular formula is C12H19NO2S. The van der Waals surface area contributed by atoms with Gasteiger partial charge in [-0.3, -0.25) is 0 Å². The van der Waals surface area contributed by atoms with Gasteiger partial charge in [-0.15, -0.1) is 0 Å². The first kappa shape index (κ1) is 13.2. The zero-order valence-electron chi connectivity index (χ0n) is 10.2. The molecule has 1 rings (SSSR count). The second kappa shape index (κ2) is 4.97. The van der Waals surface area contributed by atoms with Crippen molar-refractivity contribution in [2.45, 2.75) is 32.6 Å². The Bertz CT molecular complexity index is 464. The minimum absolute atomic E-state index is 0.307. The Morgan fingerprint density at radius 1 is 1.19 bits per heavy atom. The summed E-state index contributed by atoms with van der Waals surface area (Å²) in [5, 5.41) is 0. The van der Waals surface area contributed by atoms with Crippen LogP contribution in [-0.4, -0.2) is 15.0 Å². The van der Waals surface area contributed by atoms with Crippen molar-refractivity contribution in [3.8, 4) is 0 Å². The summed E-state index contributed by atoms with van der Waals surface area (Å²) in [7, 11) is -3.34. The third kappa shape index (κ3) is 3.32. The molecule has 0 spiro atoms. The number of hydrogen-bond donors (Lipinski definition) is 1. The maximum Gasteiger partial charge on any atom is 0.240 e. The molecule has 0 fully saturated rings. The Labute approximate surface area is 97.9 Å². The van der Waals surface area contributed by atoms with E-state index in [-0.39, 0.29) is 0 Å². The molecule has 3 nitrogen and oxygen atoms in total. The lowest BCUT2D eigenvalue weighted by molar-refractivity contribution is 0.560. The molecule has 0 aromatic heterocycles. The summed E-state index contributed by atoms with van der Waals surface area (Å²) in [4.78, 5) is 0.344. The third-order valence-corrected chi connectivity index (χ3v) is 3.89. The number of hydrogen-bond acceptors (Lipinski definition) is 2. The lowest BCUT2D eigenvalue weighted by atomic mass is 10.1. The van der Waals surface area contributed by atoms with Crippen LogP contribution in [0.15, 0.2) is 23.1 Å². The maximum atomic E-state index is 11.9. The zero-order valence-corrected chi connectivity index (χ0v) is 11.1. The van der Waals surface area contributed by atoms with Crippen molar-refractivity contribution in [3.63, 3.8) is 0 Å². The lowest BCUT2D eigenvalue weighted by Crippen LogP contribution is -2.27. The minimum atomic E-state index is -3.34. The van der Waals surface area contributed by atoms with Crippen molar-refractivity contribution in [1.29, 1.82) is 0 Å². The normalized spacial score (nSPS) is 12.1. The van der Waals surface area contributed by atoms with Gasteiger partial charge >= 0.3 is 0 Å². The summed E-state index contributed by atoms with van der Waals surface area (Å²) in [5.41, 5.74) is 2.09. The Balaban J connectivity index is 2.94. The highest BCUT2D eigenvalue weighted by Crippen LogP contribution is 2.14. The molecule has 1 aromatic carbocycles. The molecule has 1 N–H and O–H groups in total. The second-order valence-corrected chi connectivity index (χ2v) is 6.26. The van der Waals surface area contributed by atoms with Crippen molar-refractivity contribution in [3.05, 3.63) is 29.3 Å². The Hall–Kier alpha value is -0.870. The smallest absolute Gasteiger partial charge is 0.211 e. The molecule has 0 bridgehead atoms. The quantitative estimate of drug-likeness (QED) is 0.878. The van der Waals surface area contributed by atoms with Crippen molar-refractivity contribution in [1.82, 2.24) is 4.72 Å². The number of benzene rings is 1. The van der Waals surface area contributed by atoms with E-state index in [1.165, 1.54) is 0 Å². The molecule has 16 heavy (non-hydrogen) atoms. The van der Waals surface area contributed by atoms with Crippen LogP contribution in [0.4, 0.5) is 0 Å². The number of nitrogens with one attached hydrogen (secondary N) is 1. The first-order chi connectivity index (χ1) is 7.33. The van der Waals surface area contributed by atoms with Crippen LogP contribution in [0.3, 0.4) is 0 Å². The van der Waals surface area contributed by atoms with Crippen LogP contribution in [0.2, 0.25) is 0 Å². The summed E-state index contributed by atoms with van der Waals surface area (Å²) in [6, 6.07) is 5.18. The SMILES string of the molecule is Cc1ccc(S(=O)(=O)NCC(C)C)cc1C. The predicted octanol–water partition coefficient (Wildman–Crippen LogP) is 2.24. The van der Waals surface area contributed by atoms with Gasteiger partial charge in [0, 0.05) is 6.54 Å². The van der Waals surface area contributed by atoms with Gasteiger partial charge in [0.15, 0.2) is 0 Å². The summed E-state index contributed by atoms with van der Waals surface area (Å²) >= 11 is 0. The molecule has 0 atom stereocenters. The molecular weight excluding hydrogens is 222 g/mol. The summed E-state index contributed by atoms with van der Waals surface area (Å²) in [6.07, 6.45) is 0. The van der Waals surface area contributed by atoms with Crippen LogP contribution in [-0.2, 0) is 10.0 Å². The van der Waals surface area contributed by atoms with Crippen LogP contribution in [0.1, 0.15) is 25.0 Å². The Kier molecular flexibility index (Phi) is 4.10. The summed E-state index contributed by atoms with van der Waals surface area (Å²) in [5.74, 6) is 0.307. The monoisotopic (exact) mass is 241 g/mol. The van der Waals surface area contributed by atoms with Gasteiger partial charge in [0.25, 0.3) is 0 Å². The van der Waals surface area contributed by atoms with Crippen molar-refractivity contribution in [2.24, 2.45) is 5.92 Å². The van der Waals surface area contributed by atoms with Gasteiger partial charge in [0.2, 0.25) is 10.0 Å². The molecule has 0 heterocycles. The fourth-order valence-corrected chi connectivity index (χ4v) is 2.54. The van der Waals surface area contributed by atoms with E-state index in [1.807, 2.05) is 33.8 Å². The zero-order chi connectivity index (χ0) is 12.3. The number of sulfonamides is 1. The van der Waals surface area contributed by atoms with E-state index in [9.17, 15) is 8.42 Å². The van der Waals surface area contributed by atoms with E-state index in [0.29, 0.717) is 17.4 Å². The first-order valence-electron chi connectivity index (χ1n) is 5.40. The van der Waals surface area contributed by atoms with Gasteiger partial charge in [0.05, 0.1) is 4.90 Å². The van der Waals surface area contributed by atoms with E-state index in [0.717, 1.165) is 11.1 Å². The third-order valence-electron chi connectivity index (χ3n) is 2.47. The predicted molar refractivity (Wildman–Crippen MR) is 65.9 cm³/mol. The molecule has 0 aliphatic heterocycles. The molecule has 4 heteroatoms. The lowest BCUT2D eigenvalue weighted by Gasteiger charge is -2.10. The van der Waals surface area contributed by atoms with Crippen LogP contribution in [0.25, 0.3) is 0 Å². The fraction of sp³-hybridized carbons (Fsp3) is 0.500. The van der Waals surface area contributed by atoms with E-state index in [4.69, 9.17) is 0 Å². The highest BCUT2D eigenvalue weighted by molar-refractivity contribution is 7.89. The number of rotatable bonds is 4. The molecule has 0 saturated carbocycles. The van der Waals surface area contributed by atoms with Gasteiger partial charge in [-0.05, 0) is 43.0 Å². The largest absolute Gasteiger partial charge is 0.240 e. The van der Waals surface area contributed by atoms with Gasteiger partial charge in [0.1, 0.15) is 0 Å². The molecule has 0 saturated heterocycles. The minimum Gasteiger partial charge on any atom is -0.211 e. The standard InChI is InChI=1S/C12H19NO2S/c1-9(2)8-13-16(14,15)12-6-5-10(3)11(4)7-12/h5-7,9,13H,8H2,1-4H3. The van der Waals surface area contributed by atoms with E-state index in [2.05, 4.69) is 4.72 Å². The Morgan fingerprint density at radius 3 is 2.31 bits per heavy atom. The molecule has 0 radical (unpaired) electrons. The number of aryl methyl sites for hydroxylation is 2. The first-order valence-corrected chi connectivity index (χ1v) is 6.88. The van der Waals surface area contributed by atoms with Gasteiger partial charge in [-0.1, -0.05) is 19.9 Å². The van der Waals surface area contributed by atoms with Crippen LogP contribution < -0.4 is 4.72 Å². The topological polar surface area (TPSA) is 46.2 Å². The molecule has 0 amide bonds. The summed E-state index contributed by atoms with van der Waals surface area (Å²) < 4.78 is 26.4. The molecule has 90 valence electrons. The highest BCUT2D eigenvalue weighted by atomic mass is 32.2.